The minimum atomic E-state index is -0.501. The van der Waals surface area contributed by atoms with Crippen LogP contribution in [0.25, 0.3) is 0 Å². The summed E-state index contributed by atoms with van der Waals surface area (Å²) in [6, 6.07) is 9.86. The van der Waals surface area contributed by atoms with E-state index in [0.717, 1.165) is 31.5 Å². The van der Waals surface area contributed by atoms with Gasteiger partial charge in [-0.05, 0) is 30.9 Å². The van der Waals surface area contributed by atoms with E-state index < -0.39 is 6.10 Å². The molecule has 0 radical (unpaired) electrons. The van der Waals surface area contributed by atoms with Crippen LogP contribution in [0.5, 0.6) is 0 Å². The molecule has 1 amide bonds. The predicted octanol–water partition coefficient (Wildman–Crippen LogP) is 2.81. The van der Waals surface area contributed by atoms with Gasteiger partial charge in [-0.1, -0.05) is 44.9 Å². The first-order valence-corrected chi connectivity index (χ1v) is 11.5. The van der Waals surface area contributed by atoms with Gasteiger partial charge in [0.1, 0.15) is 0 Å². The summed E-state index contributed by atoms with van der Waals surface area (Å²) in [4.78, 5) is 17.5. The monoisotopic (exact) mass is 418 g/mol. The zero-order chi connectivity index (χ0) is 21.3. The van der Waals surface area contributed by atoms with Gasteiger partial charge in [0, 0.05) is 44.4 Å². The van der Waals surface area contributed by atoms with Gasteiger partial charge in [0.15, 0.2) is 0 Å². The zero-order valence-corrected chi connectivity index (χ0v) is 18.5. The van der Waals surface area contributed by atoms with Crippen molar-refractivity contribution in [3.8, 4) is 0 Å². The molecule has 2 unspecified atom stereocenters. The lowest BCUT2D eigenvalue weighted by Crippen LogP contribution is -2.52. The Bertz CT molecular complexity index is 633. The molecular formula is C24H38N2O4. The van der Waals surface area contributed by atoms with E-state index in [0.29, 0.717) is 44.9 Å². The zero-order valence-electron chi connectivity index (χ0n) is 18.5. The number of carbonyl (C=O) groups excluding carboxylic acids is 1. The molecular weight excluding hydrogens is 380 g/mol. The molecule has 2 aliphatic rings. The van der Waals surface area contributed by atoms with Crippen molar-refractivity contribution in [1.82, 2.24) is 9.80 Å². The summed E-state index contributed by atoms with van der Waals surface area (Å²) in [5.41, 5.74) is 0.745. The third-order valence-electron chi connectivity index (χ3n) is 5.90. The highest BCUT2D eigenvalue weighted by molar-refractivity contribution is 5.94. The quantitative estimate of drug-likeness (QED) is 0.633. The standard InChI is InChI=1S/C24H38N2O4/c1-19(2)17-29-18-22(27)14-25-12-13-30-23(15-25)16-26(21-10-6-7-11-21)24(28)20-8-4-3-5-9-20/h3-5,8-9,19,21-23,27H,6-7,10-18H2,1-2H3. The summed E-state index contributed by atoms with van der Waals surface area (Å²) < 4.78 is 11.6. The summed E-state index contributed by atoms with van der Waals surface area (Å²) in [5.74, 6) is 0.569. The molecule has 0 spiro atoms. The minimum absolute atomic E-state index is 0.0317. The van der Waals surface area contributed by atoms with Crippen molar-refractivity contribution < 1.29 is 19.4 Å². The van der Waals surface area contributed by atoms with Gasteiger partial charge in [-0.25, -0.2) is 0 Å². The number of β-amino-alcohol motifs (C(OH)–C–C–N with tert-alkyl or cyclic N) is 1. The van der Waals surface area contributed by atoms with Gasteiger partial charge in [0.2, 0.25) is 0 Å². The summed E-state index contributed by atoms with van der Waals surface area (Å²) in [7, 11) is 0. The van der Waals surface area contributed by atoms with Crippen LogP contribution < -0.4 is 0 Å². The molecule has 30 heavy (non-hydrogen) atoms. The third-order valence-corrected chi connectivity index (χ3v) is 5.90. The van der Waals surface area contributed by atoms with Crippen LogP contribution in [0.2, 0.25) is 0 Å². The smallest absolute Gasteiger partial charge is 0.254 e. The van der Waals surface area contributed by atoms with E-state index in [1.54, 1.807) is 0 Å². The molecule has 0 bridgehead atoms. The molecule has 1 heterocycles. The number of aliphatic hydroxyl groups is 1. The Morgan fingerprint density at radius 1 is 1.23 bits per heavy atom. The SMILES string of the molecule is CC(C)COCC(O)CN1CCOC(CN(C(=O)c2ccccc2)C2CCCC2)C1. The van der Waals surface area contributed by atoms with E-state index >= 15 is 0 Å². The third kappa shape index (κ3) is 7.05. The molecule has 1 aromatic rings. The minimum Gasteiger partial charge on any atom is -0.389 e. The van der Waals surface area contributed by atoms with Gasteiger partial charge in [0.25, 0.3) is 5.91 Å². The number of aliphatic hydroxyl groups excluding tert-OH is 1. The Morgan fingerprint density at radius 2 is 1.97 bits per heavy atom. The van der Waals surface area contributed by atoms with Gasteiger partial charge in [-0.3, -0.25) is 9.69 Å². The topological polar surface area (TPSA) is 62.2 Å². The molecule has 1 aliphatic carbocycles. The lowest BCUT2D eigenvalue weighted by Gasteiger charge is -2.38. The van der Waals surface area contributed by atoms with Crippen LogP contribution in [0, 0.1) is 5.92 Å². The molecule has 2 atom stereocenters. The Hall–Kier alpha value is -1.47. The van der Waals surface area contributed by atoms with Gasteiger partial charge >= 0.3 is 0 Å². The van der Waals surface area contributed by atoms with E-state index in [9.17, 15) is 9.90 Å². The van der Waals surface area contributed by atoms with Crippen molar-refractivity contribution in [1.29, 1.82) is 0 Å². The van der Waals surface area contributed by atoms with Crippen molar-refractivity contribution >= 4 is 5.91 Å². The maximum Gasteiger partial charge on any atom is 0.254 e. The maximum absolute atomic E-state index is 13.2. The highest BCUT2D eigenvalue weighted by atomic mass is 16.5. The maximum atomic E-state index is 13.2. The van der Waals surface area contributed by atoms with Crippen molar-refractivity contribution in [2.24, 2.45) is 5.92 Å². The first-order valence-electron chi connectivity index (χ1n) is 11.5. The second kappa shape index (κ2) is 11.8. The number of hydrogen-bond donors (Lipinski definition) is 1. The van der Waals surface area contributed by atoms with Gasteiger partial charge in [0.05, 0.1) is 25.4 Å². The number of nitrogens with zero attached hydrogens (tertiary/aromatic N) is 2. The summed E-state index contributed by atoms with van der Waals surface area (Å²) in [6.07, 6.45) is 3.98. The molecule has 1 saturated heterocycles. The number of morpholine rings is 1. The Labute approximate surface area is 181 Å². The largest absolute Gasteiger partial charge is 0.389 e. The van der Waals surface area contributed by atoms with Crippen molar-refractivity contribution in [2.75, 3.05) is 46.0 Å². The number of benzene rings is 1. The predicted molar refractivity (Wildman–Crippen MR) is 118 cm³/mol. The van der Waals surface area contributed by atoms with E-state index in [-0.39, 0.29) is 12.0 Å². The second-order valence-electron chi connectivity index (χ2n) is 9.10. The fourth-order valence-corrected chi connectivity index (χ4v) is 4.43. The lowest BCUT2D eigenvalue weighted by atomic mass is 10.1. The second-order valence-corrected chi connectivity index (χ2v) is 9.10. The normalized spacial score (nSPS) is 21.8. The van der Waals surface area contributed by atoms with Gasteiger partial charge < -0.3 is 19.5 Å². The van der Waals surface area contributed by atoms with Gasteiger partial charge in [-0.15, -0.1) is 0 Å². The Kier molecular flexibility index (Phi) is 9.12. The molecule has 1 saturated carbocycles. The van der Waals surface area contributed by atoms with E-state index in [1.165, 1.54) is 12.8 Å². The fraction of sp³-hybridized carbons (Fsp3) is 0.708. The number of rotatable bonds is 10. The summed E-state index contributed by atoms with van der Waals surface area (Å²) in [6.45, 7) is 8.57. The first kappa shape index (κ1) is 23.2. The molecule has 6 heteroatoms. The number of hydrogen-bond acceptors (Lipinski definition) is 5. The molecule has 3 rings (SSSR count). The molecule has 6 nitrogen and oxygen atoms in total. The summed E-state index contributed by atoms with van der Waals surface area (Å²) in [5, 5.41) is 10.3. The van der Waals surface area contributed by atoms with Crippen LogP contribution in [0.15, 0.2) is 30.3 Å². The van der Waals surface area contributed by atoms with Crippen LogP contribution in [-0.4, -0.2) is 85.1 Å². The molecule has 2 fully saturated rings. The average Bonchev–Trinajstić information content (AvgIpc) is 3.27. The Morgan fingerprint density at radius 3 is 2.67 bits per heavy atom. The molecule has 168 valence electrons. The first-order chi connectivity index (χ1) is 14.5. The molecule has 0 aromatic heterocycles. The van der Waals surface area contributed by atoms with Crippen molar-refractivity contribution in [2.45, 2.75) is 57.8 Å². The van der Waals surface area contributed by atoms with E-state index in [2.05, 4.69) is 18.7 Å². The van der Waals surface area contributed by atoms with Crippen LogP contribution >= 0.6 is 0 Å². The van der Waals surface area contributed by atoms with Crippen LogP contribution in [0.4, 0.5) is 0 Å². The summed E-state index contributed by atoms with van der Waals surface area (Å²) >= 11 is 0. The fourth-order valence-electron chi connectivity index (χ4n) is 4.43. The van der Waals surface area contributed by atoms with E-state index in [4.69, 9.17) is 9.47 Å². The number of carbonyl (C=O) groups is 1. The molecule has 1 aliphatic heterocycles. The van der Waals surface area contributed by atoms with Crippen molar-refractivity contribution in [3.63, 3.8) is 0 Å². The number of ether oxygens (including phenoxy) is 2. The van der Waals surface area contributed by atoms with Gasteiger partial charge in [-0.2, -0.15) is 0 Å². The average molecular weight is 419 g/mol. The molecule has 1 N–H and O–H groups in total. The lowest BCUT2D eigenvalue weighted by molar-refractivity contribution is -0.0622. The van der Waals surface area contributed by atoms with Crippen LogP contribution in [-0.2, 0) is 9.47 Å². The van der Waals surface area contributed by atoms with Crippen LogP contribution in [0.3, 0.4) is 0 Å². The molecule has 1 aromatic carbocycles. The van der Waals surface area contributed by atoms with E-state index in [1.807, 2.05) is 35.2 Å². The van der Waals surface area contributed by atoms with Crippen molar-refractivity contribution in [3.05, 3.63) is 35.9 Å². The highest BCUT2D eigenvalue weighted by Crippen LogP contribution is 2.26. The van der Waals surface area contributed by atoms with Crippen LogP contribution in [0.1, 0.15) is 49.9 Å². The Balaban J connectivity index is 1.55. The highest BCUT2D eigenvalue weighted by Gasteiger charge is 2.32. The number of amides is 1.